The number of ketones is 3. The topological polar surface area (TPSA) is 91.7 Å². The molecule has 34 heavy (non-hydrogen) atoms. The van der Waals surface area contributed by atoms with Crippen LogP contribution >= 0.6 is 0 Å². The molecule has 1 unspecified atom stereocenters. The number of aryl methyl sites for hydroxylation is 1. The predicted octanol–water partition coefficient (Wildman–Crippen LogP) is 4.13. The van der Waals surface area contributed by atoms with Crippen molar-refractivity contribution in [2.45, 2.75) is 26.8 Å². The Labute approximate surface area is 197 Å². The fraction of sp³-hybridized carbons (Fsp3) is 0.259. The van der Waals surface area contributed by atoms with E-state index in [0.717, 1.165) is 11.4 Å². The first-order valence-corrected chi connectivity index (χ1v) is 10.9. The van der Waals surface area contributed by atoms with Crippen molar-refractivity contribution in [3.05, 3.63) is 93.3 Å². The maximum Gasteiger partial charge on any atom is 0.339 e. The first-order valence-electron chi connectivity index (χ1n) is 10.9. The monoisotopic (exact) mass is 459 g/mol. The Hall–Kier alpha value is -3.84. The van der Waals surface area contributed by atoms with E-state index in [1.165, 1.54) is 18.2 Å². The van der Waals surface area contributed by atoms with E-state index < -0.39 is 18.4 Å². The molecule has 0 saturated carbocycles. The number of carbonyl (C=O) groups excluding carboxylic acids is 4. The van der Waals surface area contributed by atoms with Gasteiger partial charge < -0.3 is 14.0 Å². The zero-order valence-electron chi connectivity index (χ0n) is 19.5. The highest BCUT2D eigenvalue weighted by Gasteiger charge is 2.33. The van der Waals surface area contributed by atoms with Crippen LogP contribution in [0.4, 0.5) is 0 Å². The quantitative estimate of drug-likeness (QED) is 0.305. The summed E-state index contributed by atoms with van der Waals surface area (Å²) in [6, 6.07) is 12.8. The van der Waals surface area contributed by atoms with Gasteiger partial charge in [0.1, 0.15) is 0 Å². The van der Waals surface area contributed by atoms with Gasteiger partial charge in [0.2, 0.25) is 5.78 Å². The molecule has 0 fully saturated rings. The van der Waals surface area contributed by atoms with Gasteiger partial charge in [0.05, 0.1) is 18.2 Å². The largest absolute Gasteiger partial charge is 0.454 e. The third kappa shape index (κ3) is 3.88. The number of rotatable bonds is 7. The fourth-order valence-corrected chi connectivity index (χ4v) is 4.66. The molecule has 0 spiro atoms. The Balaban J connectivity index is 1.57. The lowest BCUT2D eigenvalue weighted by Gasteiger charge is -2.19. The highest BCUT2D eigenvalue weighted by atomic mass is 16.5. The molecule has 0 bridgehead atoms. The van der Waals surface area contributed by atoms with Crippen molar-refractivity contribution >= 4 is 23.3 Å². The lowest BCUT2D eigenvalue weighted by molar-refractivity contribution is 0.0472. The molecule has 1 heterocycles. The lowest BCUT2D eigenvalue weighted by atomic mass is 9.82. The van der Waals surface area contributed by atoms with Gasteiger partial charge in [0.15, 0.2) is 18.2 Å². The summed E-state index contributed by atoms with van der Waals surface area (Å²) in [5.74, 6) is -1.92. The van der Waals surface area contributed by atoms with Crippen LogP contribution in [0.15, 0.2) is 48.5 Å². The maximum atomic E-state index is 13.1. The molecule has 1 aliphatic carbocycles. The molecule has 0 saturated heterocycles. The molecule has 7 heteroatoms. The molecule has 2 aromatic carbocycles. The van der Waals surface area contributed by atoms with Crippen molar-refractivity contribution in [3.63, 3.8) is 0 Å². The number of hydrogen-bond donors (Lipinski definition) is 0. The Morgan fingerprint density at radius 2 is 1.56 bits per heavy atom. The van der Waals surface area contributed by atoms with Crippen molar-refractivity contribution < 1.29 is 28.7 Å². The van der Waals surface area contributed by atoms with E-state index in [0.29, 0.717) is 17.7 Å². The summed E-state index contributed by atoms with van der Waals surface area (Å²) in [5, 5.41) is 0. The number of esters is 1. The van der Waals surface area contributed by atoms with E-state index in [1.807, 2.05) is 25.3 Å². The molecular weight excluding hydrogens is 434 g/mol. The molecule has 0 N–H and O–H groups in total. The van der Waals surface area contributed by atoms with Crippen LogP contribution in [0.2, 0.25) is 0 Å². The summed E-state index contributed by atoms with van der Waals surface area (Å²) in [6.45, 7) is 5.74. The minimum atomic E-state index is -0.827. The van der Waals surface area contributed by atoms with Crippen LogP contribution in [-0.4, -0.2) is 48.2 Å². The first kappa shape index (κ1) is 23.3. The second kappa shape index (κ2) is 9.19. The lowest BCUT2D eigenvalue weighted by Crippen LogP contribution is -2.25. The zero-order valence-corrected chi connectivity index (χ0v) is 19.5. The number of Topliss-reactive ketones (excluding diaryl/α,β-unsaturated/α-hetero) is 1. The Morgan fingerprint density at radius 1 is 0.912 bits per heavy atom. The van der Waals surface area contributed by atoms with Crippen molar-refractivity contribution in [2.75, 3.05) is 20.3 Å². The number of ether oxygens (including phenoxy) is 2. The van der Waals surface area contributed by atoms with Crippen LogP contribution in [0.3, 0.4) is 0 Å². The number of benzene rings is 2. The van der Waals surface area contributed by atoms with Crippen LogP contribution < -0.4 is 0 Å². The molecule has 4 rings (SSSR count). The summed E-state index contributed by atoms with van der Waals surface area (Å²) in [7, 11) is 1.62. The molecule has 174 valence electrons. The van der Waals surface area contributed by atoms with Gasteiger partial charge in [-0.15, -0.1) is 0 Å². The smallest absolute Gasteiger partial charge is 0.339 e. The van der Waals surface area contributed by atoms with Crippen LogP contribution in [0.25, 0.3) is 0 Å². The minimum absolute atomic E-state index is 0.00946. The summed E-state index contributed by atoms with van der Waals surface area (Å²) >= 11 is 0. The highest BCUT2D eigenvalue weighted by Crippen LogP contribution is 2.30. The summed E-state index contributed by atoms with van der Waals surface area (Å²) in [6.07, 6.45) is 0. The molecular formula is C27H25NO6. The van der Waals surface area contributed by atoms with E-state index in [1.54, 1.807) is 37.4 Å². The number of nitrogens with zero attached hydrogens (tertiary/aromatic N) is 1. The number of carbonyl (C=O) groups is 4. The Bertz CT molecular complexity index is 1330. The molecule has 0 amide bonds. The average molecular weight is 459 g/mol. The second-order valence-corrected chi connectivity index (χ2v) is 8.39. The van der Waals surface area contributed by atoms with E-state index in [2.05, 4.69) is 0 Å². The van der Waals surface area contributed by atoms with Gasteiger partial charge in [0.25, 0.3) is 0 Å². The minimum Gasteiger partial charge on any atom is -0.454 e. The van der Waals surface area contributed by atoms with Crippen LogP contribution in [0.5, 0.6) is 0 Å². The van der Waals surface area contributed by atoms with Gasteiger partial charge >= 0.3 is 5.97 Å². The van der Waals surface area contributed by atoms with Gasteiger partial charge in [-0.2, -0.15) is 0 Å². The molecule has 0 radical (unpaired) electrons. The molecule has 1 aliphatic rings. The van der Waals surface area contributed by atoms with Crippen LogP contribution in [0.1, 0.15) is 76.9 Å². The SMILES string of the molecule is COCC(C)n1c(C)cc(C(=O)COC(=O)c2cccc3c2C(=O)c2ccccc2C3=O)c1C. The van der Waals surface area contributed by atoms with Gasteiger partial charge in [-0.1, -0.05) is 36.4 Å². The highest BCUT2D eigenvalue weighted by molar-refractivity contribution is 6.30. The van der Waals surface area contributed by atoms with Crippen molar-refractivity contribution in [1.29, 1.82) is 0 Å². The fourth-order valence-electron chi connectivity index (χ4n) is 4.66. The normalized spacial score (nSPS) is 13.3. The zero-order chi connectivity index (χ0) is 24.6. The molecule has 1 aromatic heterocycles. The molecule has 3 aromatic rings. The van der Waals surface area contributed by atoms with E-state index in [9.17, 15) is 19.2 Å². The first-order chi connectivity index (χ1) is 16.3. The van der Waals surface area contributed by atoms with Crippen LogP contribution in [-0.2, 0) is 9.47 Å². The summed E-state index contributed by atoms with van der Waals surface area (Å²) in [5.41, 5.74) is 2.80. The van der Waals surface area contributed by atoms with Gasteiger partial charge in [0, 0.05) is 46.3 Å². The van der Waals surface area contributed by atoms with Crippen molar-refractivity contribution in [1.82, 2.24) is 4.57 Å². The average Bonchev–Trinajstić information content (AvgIpc) is 3.14. The van der Waals surface area contributed by atoms with E-state index in [-0.39, 0.29) is 39.9 Å². The Kier molecular flexibility index (Phi) is 6.30. The third-order valence-corrected chi connectivity index (χ3v) is 6.14. The van der Waals surface area contributed by atoms with Gasteiger partial charge in [-0.25, -0.2) is 4.79 Å². The van der Waals surface area contributed by atoms with Crippen molar-refractivity contribution in [2.24, 2.45) is 0 Å². The van der Waals surface area contributed by atoms with Crippen molar-refractivity contribution in [3.8, 4) is 0 Å². The van der Waals surface area contributed by atoms with Gasteiger partial charge in [-0.3, -0.25) is 14.4 Å². The summed E-state index contributed by atoms with van der Waals surface area (Å²) in [4.78, 5) is 51.8. The molecule has 1 atom stereocenters. The standard InChI is InChI=1S/C27H25NO6/c1-15-12-22(17(3)28(15)16(2)13-33-4)23(29)14-34-27(32)21-11-7-10-20-24(21)26(31)19-9-6-5-8-18(19)25(20)30/h5-12,16H,13-14H2,1-4H3. The number of fused-ring (bicyclic) bond motifs is 2. The van der Waals surface area contributed by atoms with Crippen LogP contribution in [0, 0.1) is 13.8 Å². The second-order valence-electron chi connectivity index (χ2n) is 8.39. The number of methoxy groups -OCH3 is 1. The third-order valence-electron chi connectivity index (χ3n) is 6.14. The maximum absolute atomic E-state index is 13.1. The Morgan fingerprint density at radius 3 is 2.24 bits per heavy atom. The molecule has 7 nitrogen and oxygen atoms in total. The van der Waals surface area contributed by atoms with E-state index >= 15 is 0 Å². The molecule has 0 aliphatic heterocycles. The number of hydrogen-bond acceptors (Lipinski definition) is 6. The number of aromatic nitrogens is 1. The van der Waals surface area contributed by atoms with Gasteiger partial charge in [-0.05, 0) is 32.9 Å². The predicted molar refractivity (Wildman–Crippen MR) is 125 cm³/mol. The van der Waals surface area contributed by atoms with E-state index in [4.69, 9.17) is 9.47 Å². The summed E-state index contributed by atoms with van der Waals surface area (Å²) < 4.78 is 12.5.